The molecule has 2 saturated heterocycles. The summed E-state index contributed by atoms with van der Waals surface area (Å²) in [6.45, 7) is 11.2. The number of fused-ring (bicyclic) bond motifs is 2. The normalized spacial score (nSPS) is 24.0. The van der Waals surface area contributed by atoms with Crippen LogP contribution in [0.4, 0.5) is 11.5 Å². The number of morpholine rings is 1. The Hall–Kier alpha value is -3.19. The Balaban J connectivity index is 1.13. The molecule has 3 atom stereocenters. The van der Waals surface area contributed by atoms with Crippen molar-refractivity contribution in [2.75, 3.05) is 55.6 Å². The van der Waals surface area contributed by atoms with Crippen LogP contribution in [0.5, 0.6) is 0 Å². The summed E-state index contributed by atoms with van der Waals surface area (Å²) in [6, 6.07) is 10.7. The first-order chi connectivity index (χ1) is 18.4. The molecule has 4 radical (unpaired) electrons. The first kappa shape index (κ1) is 25.1. The van der Waals surface area contributed by atoms with Gasteiger partial charge in [0.15, 0.2) is 0 Å². The number of ether oxygens (including phenoxy) is 1. The largest absolute Gasteiger partial charge is 0.370 e. The number of rotatable bonds is 4. The third-order valence-corrected chi connectivity index (χ3v) is 7.84. The molecular formula is C27H30B2N8O. The van der Waals surface area contributed by atoms with Crippen LogP contribution in [0.3, 0.4) is 0 Å². The molecule has 3 aromatic rings. The molecule has 2 unspecified atom stereocenters. The van der Waals surface area contributed by atoms with Crippen LogP contribution in [0, 0.1) is 11.3 Å². The summed E-state index contributed by atoms with van der Waals surface area (Å²) in [6.07, 6.45) is 0.0900. The van der Waals surface area contributed by atoms with Crippen molar-refractivity contribution in [3.05, 3.63) is 41.1 Å². The molecule has 11 heteroatoms. The van der Waals surface area contributed by atoms with E-state index in [0.29, 0.717) is 29.2 Å². The summed E-state index contributed by atoms with van der Waals surface area (Å²) in [5.74, 6) is 1.07. The van der Waals surface area contributed by atoms with Gasteiger partial charge in [0, 0.05) is 58.4 Å². The lowest BCUT2D eigenvalue weighted by atomic mass is 9.90. The Morgan fingerprint density at radius 1 is 0.974 bits per heavy atom. The fourth-order valence-electron chi connectivity index (χ4n) is 5.86. The molecule has 2 aromatic heterocycles. The van der Waals surface area contributed by atoms with E-state index in [-0.39, 0.29) is 23.4 Å². The minimum Gasteiger partial charge on any atom is -0.370 e. The molecule has 5 heterocycles. The summed E-state index contributed by atoms with van der Waals surface area (Å²) in [5.41, 5.74) is 5.21. The van der Waals surface area contributed by atoms with Crippen LogP contribution in [0.1, 0.15) is 36.7 Å². The molecule has 2 fully saturated rings. The SMILES string of the molecule is [B]c1nc2c(C#N)ccc(N3CC(C)OC(CN4CCN(c5ccc6c(n5)CN[C@@H]6C)CC4)C3)c2nc1[B]. The van der Waals surface area contributed by atoms with Gasteiger partial charge in [-0.3, -0.25) is 14.9 Å². The molecule has 3 aliphatic rings. The zero-order valence-electron chi connectivity index (χ0n) is 21.9. The van der Waals surface area contributed by atoms with Gasteiger partial charge < -0.3 is 19.9 Å². The topological polar surface area (TPSA) is 93.4 Å². The van der Waals surface area contributed by atoms with Crippen LogP contribution in [-0.2, 0) is 11.3 Å². The number of aromatic nitrogens is 3. The highest BCUT2D eigenvalue weighted by molar-refractivity contribution is 6.46. The van der Waals surface area contributed by atoms with E-state index in [1.54, 1.807) is 6.07 Å². The average molecular weight is 504 g/mol. The number of nitriles is 1. The van der Waals surface area contributed by atoms with E-state index in [4.69, 9.17) is 25.4 Å². The van der Waals surface area contributed by atoms with Crippen LogP contribution in [0.25, 0.3) is 11.0 Å². The molecule has 0 amide bonds. The maximum absolute atomic E-state index is 9.57. The molecule has 6 rings (SSSR count). The minimum atomic E-state index is 0.0424. The van der Waals surface area contributed by atoms with Crippen molar-refractivity contribution < 1.29 is 4.74 Å². The second-order valence-electron chi connectivity index (χ2n) is 10.5. The van der Waals surface area contributed by atoms with E-state index in [2.05, 4.69) is 62.0 Å². The Labute approximate surface area is 226 Å². The van der Waals surface area contributed by atoms with Gasteiger partial charge in [-0.15, -0.1) is 0 Å². The van der Waals surface area contributed by atoms with Crippen molar-refractivity contribution >= 4 is 49.4 Å². The summed E-state index contributed by atoms with van der Waals surface area (Å²) in [7, 11) is 11.9. The smallest absolute Gasteiger partial charge is 0.143 e. The molecule has 0 spiro atoms. The zero-order valence-corrected chi connectivity index (χ0v) is 21.9. The van der Waals surface area contributed by atoms with Gasteiger partial charge in [0.1, 0.15) is 38.6 Å². The first-order valence-corrected chi connectivity index (χ1v) is 13.3. The molecule has 1 aromatic carbocycles. The van der Waals surface area contributed by atoms with E-state index in [1.807, 2.05) is 6.07 Å². The zero-order chi connectivity index (χ0) is 26.4. The fourth-order valence-corrected chi connectivity index (χ4v) is 5.86. The maximum Gasteiger partial charge on any atom is 0.143 e. The van der Waals surface area contributed by atoms with Crippen LogP contribution in [0.15, 0.2) is 24.3 Å². The summed E-state index contributed by atoms with van der Waals surface area (Å²) in [4.78, 5) is 21.0. The van der Waals surface area contributed by atoms with Crippen LogP contribution in [-0.4, -0.2) is 93.6 Å². The van der Waals surface area contributed by atoms with Crippen molar-refractivity contribution in [3.63, 3.8) is 0 Å². The van der Waals surface area contributed by atoms with E-state index in [1.165, 1.54) is 11.3 Å². The van der Waals surface area contributed by atoms with Crippen molar-refractivity contribution in [1.29, 1.82) is 5.26 Å². The highest BCUT2D eigenvalue weighted by Crippen LogP contribution is 2.29. The number of piperazine rings is 1. The Morgan fingerprint density at radius 2 is 1.74 bits per heavy atom. The Morgan fingerprint density at radius 3 is 2.50 bits per heavy atom. The van der Waals surface area contributed by atoms with Crippen molar-refractivity contribution in [3.8, 4) is 6.07 Å². The number of pyridine rings is 1. The van der Waals surface area contributed by atoms with Gasteiger partial charge in [-0.2, -0.15) is 5.26 Å². The molecule has 0 bridgehead atoms. The number of hydrogen-bond donors (Lipinski definition) is 1. The molecule has 9 nitrogen and oxygen atoms in total. The molecule has 0 aliphatic carbocycles. The van der Waals surface area contributed by atoms with E-state index in [9.17, 15) is 5.26 Å². The Kier molecular flexibility index (Phi) is 6.72. The van der Waals surface area contributed by atoms with Crippen molar-refractivity contribution in [2.24, 2.45) is 0 Å². The number of nitrogens with zero attached hydrogens (tertiary/aromatic N) is 7. The van der Waals surface area contributed by atoms with Crippen LogP contribution < -0.4 is 26.3 Å². The van der Waals surface area contributed by atoms with Crippen molar-refractivity contribution in [1.82, 2.24) is 25.2 Å². The van der Waals surface area contributed by atoms with Gasteiger partial charge in [-0.05, 0) is 48.8 Å². The highest BCUT2D eigenvalue weighted by Gasteiger charge is 2.30. The summed E-state index contributed by atoms with van der Waals surface area (Å²) in [5, 5.41) is 13.0. The lowest BCUT2D eigenvalue weighted by Gasteiger charge is -2.42. The second-order valence-corrected chi connectivity index (χ2v) is 10.5. The number of hydrogen-bond acceptors (Lipinski definition) is 9. The average Bonchev–Trinajstić information content (AvgIpc) is 3.29. The lowest BCUT2D eigenvalue weighted by Crippen LogP contribution is -2.54. The molecule has 1 N–H and O–H groups in total. The van der Waals surface area contributed by atoms with Crippen LogP contribution in [0.2, 0.25) is 0 Å². The van der Waals surface area contributed by atoms with E-state index in [0.717, 1.165) is 57.3 Å². The van der Waals surface area contributed by atoms with Crippen molar-refractivity contribution in [2.45, 2.75) is 38.6 Å². The molecule has 0 saturated carbocycles. The molecule has 38 heavy (non-hydrogen) atoms. The van der Waals surface area contributed by atoms with E-state index >= 15 is 0 Å². The van der Waals surface area contributed by atoms with Gasteiger partial charge in [0.2, 0.25) is 0 Å². The fraction of sp³-hybridized carbons (Fsp3) is 0.481. The van der Waals surface area contributed by atoms with Crippen LogP contribution >= 0.6 is 0 Å². The van der Waals surface area contributed by atoms with Gasteiger partial charge in [0.25, 0.3) is 0 Å². The Bertz CT molecular complexity index is 1400. The highest BCUT2D eigenvalue weighted by atomic mass is 16.5. The number of nitrogens with one attached hydrogen (secondary N) is 1. The van der Waals surface area contributed by atoms with E-state index < -0.39 is 0 Å². The lowest BCUT2D eigenvalue weighted by molar-refractivity contribution is -0.0327. The molecule has 3 aliphatic heterocycles. The second kappa shape index (κ2) is 10.2. The molecule has 190 valence electrons. The summed E-state index contributed by atoms with van der Waals surface area (Å²) < 4.78 is 6.36. The number of anilines is 2. The predicted octanol–water partition coefficient (Wildman–Crippen LogP) is 0.0642. The third kappa shape index (κ3) is 4.73. The third-order valence-electron chi connectivity index (χ3n) is 7.84. The number of benzene rings is 1. The van der Waals surface area contributed by atoms with Gasteiger partial charge in [0.05, 0.1) is 29.2 Å². The van der Waals surface area contributed by atoms with Gasteiger partial charge >= 0.3 is 0 Å². The molecular weight excluding hydrogens is 474 g/mol. The summed E-state index contributed by atoms with van der Waals surface area (Å²) >= 11 is 0. The maximum atomic E-state index is 9.57. The monoisotopic (exact) mass is 504 g/mol. The predicted molar refractivity (Wildman–Crippen MR) is 150 cm³/mol. The quantitative estimate of drug-likeness (QED) is 0.496. The minimum absolute atomic E-state index is 0.0424. The standard InChI is InChI=1S/C27H30B2N8O/c1-16-13-37(22-5-3-18(11-30)24-25(22)34-27(29)26(28)33-24)15-19(38-16)14-35-7-9-36(10-8-35)23-6-4-20-17(2)31-12-21(20)32-23/h3-6,16-17,19,31H,7-10,12-15H2,1-2H3/t16?,17-,19?/m1/s1. The first-order valence-electron chi connectivity index (χ1n) is 13.3. The van der Waals surface area contributed by atoms with Gasteiger partial charge in [-0.1, -0.05) is 6.07 Å². The van der Waals surface area contributed by atoms with Gasteiger partial charge in [-0.25, -0.2) is 4.98 Å².